The van der Waals surface area contributed by atoms with Gasteiger partial charge in [0, 0.05) is 17.7 Å². The van der Waals surface area contributed by atoms with Crippen LogP contribution in [0, 0.1) is 10.1 Å². The second-order valence-corrected chi connectivity index (χ2v) is 4.65. The fraction of sp³-hybridized carbons (Fsp3) is 0.0667. The maximum Gasteiger partial charge on any atom is 0.293 e. The van der Waals surface area contributed by atoms with E-state index >= 15 is 0 Å². The molecule has 0 amide bonds. The molecule has 0 radical (unpaired) electrons. The van der Waals surface area contributed by atoms with Gasteiger partial charge >= 0.3 is 0 Å². The number of carbonyl (C=O) groups is 1. The minimum absolute atomic E-state index is 0.0353. The van der Waals surface area contributed by atoms with Crippen molar-refractivity contribution in [2.24, 2.45) is 0 Å². The van der Waals surface area contributed by atoms with E-state index in [9.17, 15) is 14.9 Å². The van der Waals surface area contributed by atoms with Gasteiger partial charge in [0.15, 0.2) is 0 Å². The number of aromatic nitrogens is 2. The van der Waals surface area contributed by atoms with Gasteiger partial charge in [0.1, 0.15) is 12.4 Å². The van der Waals surface area contributed by atoms with Crippen molar-refractivity contribution < 1.29 is 14.5 Å². The number of non-ortho nitro benzene ring substituents is 1. The predicted octanol–water partition coefficient (Wildman–Crippen LogP) is 2.81. The molecule has 0 aliphatic heterocycles. The second-order valence-electron chi connectivity index (χ2n) is 4.65. The molecule has 3 rings (SSSR count). The molecule has 0 saturated carbocycles. The van der Waals surface area contributed by atoms with Crippen molar-refractivity contribution in [2.75, 3.05) is 0 Å². The number of aromatic amines is 1. The summed E-state index contributed by atoms with van der Waals surface area (Å²) in [7, 11) is 0. The Bertz CT molecular complexity index is 840. The summed E-state index contributed by atoms with van der Waals surface area (Å²) in [6.07, 6.45) is 0. The van der Waals surface area contributed by atoms with Crippen molar-refractivity contribution >= 4 is 23.2 Å². The molecule has 0 unspecified atom stereocenters. The third-order valence-electron chi connectivity index (χ3n) is 3.22. The molecule has 2 aromatic carbocycles. The number of H-pyrrole nitrogens is 1. The lowest BCUT2D eigenvalue weighted by atomic mass is 10.2. The molecule has 0 atom stereocenters. The first kappa shape index (κ1) is 13.7. The molecule has 1 aromatic heterocycles. The number of fused-ring (bicyclic) bond motifs is 1. The Hall–Kier alpha value is -3.22. The Labute approximate surface area is 124 Å². The van der Waals surface area contributed by atoms with Crippen LogP contribution >= 0.6 is 0 Å². The Morgan fingerprint density at radius 2 is 2.00 bits per heavy atom. The standard InChI is InChI=1S/C15H11N3O4/c19-9-22-8-10-1-6-13-14(7-10)17-15(16-13)11-2-4-12(5-3-11)18(20)21/h1-7,9H,8H2,(H,16,17). The molecule has 7 nitrogen and oxygen atoms in total. The average molecular weight is 297 g/mol. The van der Waals surface area contributed by atoms with Gasteiger partial charge in [0.05, 0.1) is 16.0 Å². The smallest absolute Gasteiger partial charge is 0.293 e. The highest BCUT2D eigenvalue weighted by Crippen LogP contribution is 2.23. The van der Waals surface area contributed by atoms with Crippen LogP contribution in [0.2, 0.25) is 0 Å². The van der Waals surface area contributed by atoms with E-state index in [1.54, 1.807) is 12.1 Å². The molecule has 110 valence electrons. The van der Waals surface area contributed by atoms with Crippen LogP contribution < -0.4 is 0 Å². The quantitative estimate of drug-likeness (QED) is 0.443. The van der Waals surface area contributed by atoms with Crippen molar-refractivity contribution in [3.63, 3.8) is 0 Å². The fourth-order valence-electron chi connectivity index (χ4n) is 2.15. The summed E-state index contributed by atoms with van der Waals surface area (Å²) in [5, 5.41) is 10.7. The number of rotatable bonds is 5. The zero-order chi connectivity index (χ0) is 15.5. The zero-order valence-corrected chi connectivity index (χ0v) is 11.4. The van der Waals surface area contributed by atoms with Gasteiger partial charge in [-0.1, -0.05) is 6.07 Å². The lowest BCUT2D eigenvalue weighted by molar-refractivity contribution is -0.384. The molecule has 0 aliphatic carbocycles. The summed E-state index contributed by atoms with van der Waals surface area (Å²) in [6.45, 7) is 0.602. The van der Waals surface area contributed by atoms with Crippen LogP contribution in [-0.4, -0.2) is 21.4 Å². The van der Waals surface area contributed by atoms with Gasteiger partial charge in [-0.2, -0.15) is 0 Å². The molecule has 22 heavy (non-hydrogen) atoms. The van der Waals surface area contributed by atoms with E-state index in [4.69, 9.17) is 4.74 Å². The highest BCUT2D eigenvalue weighted by atomic mass is 16.6. The van der Waals surface area contributed by atoms with Crippen molar-refractivity contribution in [3.8, 4) is 11.4 Å². The van der Waals surface area contributed by atoms with Crippen molar-refractivity contribution in [2.45, 2.75) is 6.61 Å². The number of nitrogens with zero attached hydrogens (tertiary/aromatic N) is 2. The maximum atomic E-state index is 10.7. The summed E-state index contributed by atoms with van der Waals surface area (Å²) in [5.74, 6) is 0.623. The predicted molar refractivity (Wildman–Crippen MR) is 79.0 cm³/mol. The van der Waals surface area contributed by atoms with Crippen LogP contribution in [0.4, 0.5) is 5.69 Å². The van der Waals surface area contributed by atoms with Gasteiger partial charge in [-0.25, -0.2) is 4.98 Å². The Balaban J connectivity index is 1.93. The summed E-state index contributed by atoms with van der Waals surface area (Å²) >= 11 is 0. The Kier molecular flexibility index (Phi) is 3.53. The summed E-state index contributed by atoms with van der Waals surface area (Å²) in [4.78, 5) is 28.0. The third-order valence-corrected chi connectivity index (χ3v) is 3.22. The summed E-state index contributed by atoms with van der Waals surface area (Å²) < 4.78 is 4.72. The lowest BCUT2D eigenvalue weighted by Crippen LogP contribution is -1.89. The van der Waals surface area contributed by atoms with E-state index in [0.29, 0.717) is 12.3 Å². The van der Waals surface area contributed by atoms with Crippen LogP contribution in [0.5, 0.6) is 0 Å². The monoisotopic (exact) mass is 297 g/mol. The molecule has 1 heterocycles. The summed E-state index contributed by atoms with van der Waals surface area (Å²) in [6, 6.07) is 11.7. The molecule has 0 fully saturated rings. The molecular formula is C15H11N3O4. The number of benzene rings is 2. The van der Waals surface area contributed by atoms with E-state index in [1.807, 2.05) is 18.2 Å². The number of nitro groups is 1. The molecule has 3 aromatic rings. The number of ether oxygens (including phenoxy) is 1. The van der Waals surface area contributed by atoms with Gasteiger partial charge in [0.25, 0.3) is 12.2 Å². The molecular weight excluding hydrogens is 286 g/mol. The molecule has 0 aliphatic rings. The normalized spacial score (nSPS) is 10.5. The summed E-state index contributed by atoms with van der Waals surface area (Å²) in [5.41, 5.74) is 3.21. The SMILES string of the molecule is O=COCc1ccc2nc(-c3ccc([N+](=O)[O-])cc3)[nH]c2c1. The minimum atomic E-state index is -0.443. The van der Waals surface area contributed by atoms with Crippen LogP contribution in [-0.2, 0) is 16.1 Å². The first-order chi connectivity index (χ1) is 10.7. The van der Waals surface area contributed by atoms with Crippen molar-refractivity contribution in [1.29, 1.82) is 0 Å². The van der Waals surface area contributed by atoms with Crippen LogP contribution in [0.3, 0.4) is 0 Å². The largest absolute Gasteiger partial charge is 0.463 e. The van der Waals surface area contributed by atoms with E-state index in [1.165, 1.54) is 12.1 Å². The number of imidazole rings is 1. The van der Waals surface area contributed by atoms with Gasteiger partial charge in [-0.05, 0) is 29.8 Å². The molecule has 7 heteroatoms. The molecule has 0 saturated heterocycles. The minimum Gasteiger partial charge on any atom is -0.463 e. The molecule has 1 N–H and O–H groups in total. The number of hydrogen-bond donors (Lipinski definition) is 1. The van der Waals surface area contributed by atoms with Gasteiger partial charge < -0.3 is 9.72 Å². The van der Waals surface area contributed by atoms with Crippen LogP contribution in [0.15, 0.2) is 42.5 Å². The Morgan fingerprint density at radius 1 is 1.23 bits per heavy atom. The van der Waals surface area contributed by atoms with E-state index < -0.39 is 4.92 Å². The van der Waals surface area contributed by atoms with Gasteiger partial charge in [0.2, 0.25) is 0 Å². The van der Waals surface area contributed by atoms with Gasteiger partial charge in [-0.3, -0.25) is 14.9 Å². The van der Waals surface area contributed by atoms with Crippen molar-refractivity contribution in [3.05, 3.63) is 58.1 Å². The average Bonchev–Trinajstić information content (AvgIpc) is 2.96. The third kappa shape index (κ3) is 2.64. The number of carbonyl (C=O) groups excluding carboxylic acids is 1. The highest BCUT2D eigenvalue weighted by molar-refractivity contribution is 5.80. The lowest BCUT2D eigenvalue weighted by Gasteiger charge is -1.98. The van der Waals surface area contributed by atoms with Gasteiger partial charge in [-0.15, -0.1) is 0 Å². The van der Waals surface area contributed by atoms with Crippen molar-refractivity contribution in [1.82, 2.24) is 9.97 Å². The van der Waals surface area contributed by atoms with Crippen LogP contribution in [0.1, 0.15) is 5.56 Å². The number of nitro benzene ring substituents is 1. The topological polar surface area (TPSA) is 98.1 Å². The first-order valence-electron chi connectivity index (χ1n) is 6.46. The van der Waals surface area contributed by atoms with E-state index in [2.05, 4.69) is 9.97 Å². The molecule has 0 bridgehead atoms. The Morgan fingerprint density at radius 3 is 2.68 bits per heavy atom. The number of hydrogen-bond acceptors (Lipinski definition) is 5. The number of nitrogens with one attached hydrogen (secondary N) is 1. The first-order valence-corrected chi connectivity index (χ1v) is 6.46. The zero-order valence-electron chi connectivity index (χ0n) is 11.4. The van der Waals surface area contributed by atoms with E-state index in [-0.39, 0.29) is 12.3 Å². The highest BCUT2D eigenvalue weighted by Gasteiger charge is 2.09. The van der Waals surface area contributed by atoms with Crippen LogP contribution in [0.25, 0.3) is 22.4 Å². The second kappa shape index (κ2) is 5.65. The molecule has 0 spiro atoms. The fourth-order valence-corrected chi connectivity index (χ4v) is 2.15. The maximum absolute atomic E-state index is 10.7. The van der Waals surface area contributed by atoms with E-state index in [0.717, 1.165) is 22.2 Å².